The molecule has 9 nitrogen and oxygen atoms in total. The van der Waals surface area contributed by atoms with Crippen molar-refractivity contribution in [2.24, 2.45) is 18.9 Å². The molecule has 30 heavy (non-hydrogen) atoms. The van der Waals surface area contributed by atoms with Gasteiger partial charge in [0.25, 0.3) is 11.8 Å². The first-order chi connectivity index (χ1) is 14.5. The van der Waals surface area contributed by atoms with Gasteiger partial charge in [0, 0.05) is 50.8 Å². The smallest absolute Gasteiger partial charge is 0.274 e. The number of nitriles is 1. The highest BCUT2D eigenvalue weighted by atomic mass is 16.2. The number of amides is 2. The second-order valence-electron chi connectivity index (χ2n) is 8.10. The van der Waals surface area contributed by atoms with Gasteiger partial charge in [0.2, 0.25) is 0 Å². The van der Waals surface area contributed by atoms with Crippen LogP contribution in [0.1, 0.15) is 39.4 Å². The number of aromatic nitrogens is 4. The van der Waals surface area contributed by atoms with E-state index in [0.29, 0.717) is 35.7 Å². The largest absolute Gasteiger partial charge is 0.347 e. The van der Waals surface area contributed by atoms with Crippen molar-refractivity contribution in [1.29, 1.82) is 5.26 Å². The van der Waals surface area contributed by atoms with Gasteiger partial charge < -0.3 is 14.8 Å². The number of carbonyl (C=O) groups excluding carboxylic acids is 2. The first-order valence-electron chi connectivity index (χ1n) is 10.0. The van der Waals surface area contributed by atoms with E-state index in [9.17, 15) is 9.59 Å². The fraction of sp³-hybridized carbons (Fsp3) is 0.381. The highest BCUT2D eigenvalue weighted by Gasteiger charge is 2.44. The normalized spacial score (nSPS) is 22.8. The van der Waals surface area contributed by atoms with Crippen LogP contribution < -0.4 is 5.32 Å². The van der Waals surface area contributed by atoms with Crippen molar-refractivity contribution in [2.75, 3.05) is 13.1 Å². The summed E-state index contributed by atoms with van der Waals surface area (Å²) < 4.78 is 3.27. The summed E-state index contributed by atoms with van der Waals surface area (Å²) in [5, 5.41) is 16.6. The van der Waals surface area contributed by atoms with E-state index in [-0.39, 0.29) is 29.7 Å². The summed E-state index contributed by atoms with van der Waals surface area (Å²) >= 11 is 0. The van der Waals surface area contributed by atoms with Crippen LogP contribution in [0.3, 0.4) is 0 Å². The van der Waals surface area contributed by atoms with Crippen LogP contribution in [0.4, 0.5) is 0 Å². The maximum atomic E-state index is 13.0. The molecule has 2 bridgehead atoms. The summed E-state index contributed by atoms with van der Waals surface area (Å²) in [5.41, 5.74) is 1.98. The van der Waals surface area contributed by atoms with Crippen molar-refractivity contribution in [1.82, 2.24) is 29.4 Å². The second-order valence-corrected chi connectivity index (χ2v) is 8.10. The zero-order chi connectivity index (χ0) is 20.8. The molecule has 2 atom stereocenters. The predicted octanol–water partition coefficient (Wildman–Crippen LogP) is 1.22. The summed E-state index contributed by atoms with van der Waals surface area (Å²) in [5.74, 6) is 0.153. The molecule has 2 fully saturated rings. The number of nitrogens with one attached hydrogen (secondary N) is 1. The van der Waals surface area contributed by atoms with E-state index < -0.39 is 0 Å². The minimum absolute atomic E-state index is 0.0321. The molecule has 1 aliphatic heterocycles. The van der Waals surface area contributed by atoms with E-state index in [0.717, 1.165) is 12.8 Å². The van der Waals surface area contributed by atoms with Crippen LogP contribution in [0.15, 0.2) is 36.8 Å². The highest BCUT2D eigenvalue weighted by molar-refractivity contribution is 5.94. The zero-order valence-electron chi connectivity index (χ0n) is 16.5. The minimum Gasteiger partial charge on any atom is -0.347 e. The van der Waals surface area contributed by atoms with Crippen LogP contribution in [0.2, 0.25) is 0 Å². The van der Waals surface area contributed by atoms with Crippen LogP contribution in [0, 0.1) is 23.2 Å². The lowest BCUT2D eigenvalue weighted by atomic mass is 9.91. The van der Waals surface area contributed by atoms with Crippen molar-refractivity contribution in [3.05, 3.63) is 53.7 Å². The molecule has 2 amide bonds. The molecule has 4 heterocycles. The maximum Gasteiger partial charge on any atom is 0.274 e. The Morgan fingerprint density at radius 3 is 2.67 bits per heavy atom. The third-order valence-electron chi connectivity index (χ3n) is 6.24. The molecule has 1 aliphatic carbocycles. The molecule has 0 radical (unpaired) electrons. The highest BCUT2D eigenvalue weighted by Crippen LogP contribution is 2.37. The third kappa shape index (κ3) is 3.01. The lowest BCUT2D eigenvalue weighted by molar-refractivity contribution is 0.0591. The van der Waals surface area contributed by atoms with Crippen LogP contribution >= 0.6 is 0 Å². The van der Waals surface area contributed by atoms with Gasteiger partial charge in [-0.1, -0.05) is 0 Å². The maximum absolute atomic E-state index is 13.0. The molecule has 1 N–H and O–H groups in total. The quantitative estimate of drug-likeness (QED) is 0.707. The molecule has 2 aliphatic rings. The summed E-state index contributed by atoms with van der Waals surface area (Å²) in [6.45, 7) is 1.19. The molecule has 152 valence electrons. The number of aryl methyl sites for hydroxylation is 1. The number of hydrogen-bond donors (Lipinski definition) is 1. The number of nitrogens with zero attached hydrogens (tertiary/aromatic N) is 6. The first-order valence-corrected chi connectivity index (χ1v) is 10.0. The van der Waals surface area contributed by atoms with Gasteiger partial charge in [0.15, 0.2) is 11.3 Å². The van der Waals surface area contributed by atoms with E-state index in [1.165, 1.54) is 0 Å². The predicted molar refractivity (Wildman–Crippen MR) is 106 cm³/mol. The van der Waals surface area contributed by atoms with Crippen molar-refractivity contribution in [3.8, 4) is 6.07 Å². The van der Waals surface area contributed by atoms with Gasteiger partial charge in [-0.25, -0.2) is 9.50 Å². The summed E-state index contributed by atoms with van der Waals surface area (Å²) in [6.07, 6.45) is 7.04. The Kier molecular flexibility index (Phi) is 4.28. The van der Waals surface area contributed by atoms with Gasteiger partial charge in [-0.2, -0.15) is 10.4 Å². The van der Waals surface area contributed by atoms with E-state index in [1.807, 2.05) is 4.90 Å². The van der Waals surface area contributed by atoms with Crippen LogP contribution in [-0.4, -0.2) is 55.0 Å². The third-order valence-corrected chi connectivity index (χ3v) is 6.24. The van der Waals surface area contributed by atoms with Gasteiger partial charge in [-0.15, -0.1) is 0 Å². The molecule has 3 aromatic rings. The lowest BCUT2D eigenvalue weighted by Crippen LogP contribution is -2.54. The Bertz CT molecular complexity index is 1140. The number of hydrogen-bond acceptors (Lipinski definition) is 5. The fourth-order valence-electron chi connectivity index (χ4n) is 4.80. The van der Waals surface area contributed by atoms with Gasteiger partial charge in [0.05, 0.1) is 5.56 Å². The number of fused-ring (bicyclic) bond motifs is 3. The summed E-state index contributed by atoms with van der Waals surface area (Å²) in [7, 11) is 1.76. The lowest BCUT2D eigenvalue weighted by Gasteiger charge is -2.38. The van der Waals surface area contributed by atoms with E-state index in [2.05, 4.69) is 21.5 Å². The minimum atomic E-state index is -0.174. The zero-order valence-corrected chi connectivity index (χ0v) is 16.5. The monoisotopic (exact) mass is 403 g/mol. The summed E-state index contributed by atoms with van der Waals surface area (Å²) in [4.78, 5) is 31.9. The van der Waals surface area contributed by atoms with Crippen molar-refractivity contribution in [3.63, 3.8) is 0 Å². The van der Waals surface area contributed by atoms with Crippen molar-refractivity contribution < 1.29 is 9.59 Å². The Morgan fingerprint density at radius 1 is 1.23 bits per heavy atom. The number of likely N-dealkylation sites (tertiary alicyclic amines) is 1. The average molecular weight is 403 g/mol. The van der Waals surface area contributed by atoms with Crippen molar-refractivity contribution in [2.45, 2.75) is 18.9 Å². The molecule has 5 rings (SSSR count). The van der Waals surface area contributed by atoms with E-state index in [1.54, 1.807) is 52.9 Å². The number of rotatable bonds is 3. The summed E-state index contributed by atoms with van der Waals surface area (Å²) in [6, 6.07) is 7.18. The van der Waals surface area contributed by atoms with Gasteiger partial charge in [-0.3, -0.25) is 9.59 Å². The topological polar surface area (TPSA) is 108 Å². The van der Waals surface area contributed by atoms with Gasteiger partial charge in [-0.05, 0) is 36.8 Å². The van der Waals surface area contributed by atoms with Crippen LogP contribution in [0.5, 0.6) is 0 Å². The Hall–Kier alpha value is -3.67. The van der Waals surface area contributed by atoms with Crippen LogP contribution in [0.25, 0.3) is 5.65 Å². The molecular weight excluding hydrogens is 382 g/mol. The van der Waals surface area contributed by atoms with Gasteiger partial charge in [0.1, 0.15) is 11.8 Å². The molecule has 0 aromatic carbocycles. The van der Waals surface area contributed by atoms with E-state index in [4.69, 9.17) is 5.26 Å². The second kappa shape index (κ2) is 6.99. The average Bonchev–Trinajstić information content (AvgIpc) is 3.40. The standard InChI is InChI=1S/C21H21N7O2/c1-26-10-13(9-22)7-17(26)20(29)24-19-14-3-4-15(19)12-27(11-14)21(30)16-8-18-23-5-2-6-28(18)25-16/h2,5-8,10,14-15,19H,3-4,11-12H2,1H3,(H,24,29). The molecule has 0 spiro atoms. The fourth-order valence-corrected chi connectivity index (χ4v) is 4.80. The molecule has 3 aromatic heterocycles. The molecule has 9 heteroatoms. The number of carbonyl (C=O) groups is 2. The SMILES string of the molecule is Cn1cc(C#N)cc1C(=O)NC1C2CCC1CN(C(=O)c1cc3ncccn3n1)C2. The van der Waals surface area contributed by atoms with E-state index >= 15 is 0 Å². The van der Waals surface area contributed by atoms with Crippen LogP contribution in [-0.2, 0) is 7.05 Å². The number of piperidine rings is 1. The molecule has 1 saturated carbocycles. The Balaban J connectivity index is 1.30. The Morgan fingerprint density at radius 2 is 2.00 bits per heavy atom. The Labute approximate surface area is 172 Å². The van der Waals surface area contributed by atoms with Gasteiger partial charge >= 0.3 is 0 Å². The first kappa shape index (κ1) is 18.4. The molecule has 1 saturated heterocycles. The van der Waals surface area contributed by atoms with Crippen molar-refractivity contribution >= 4 is 17.5 Å². The molecular formula is C21H21N7O2. The molecule has 2 unspecified atom stereocenters.